The maximum Gasteiger partial charge on any atom is 0.339 e. The van der Waals surface area contributed by atoms with Gasteiger partial charge in [-0.3, -0.25) is 0 Å². The van der Waals surface area contributed by atoms with E-state index in [2.05, 4.69) is 0 Å². The van der Waals surface area contributed by atoms with Crippen LogP contribution in [0, 0.1) is 0 Å². The van der Waals surface area contributed by atoms with E-state index in [9.17, 15) is 18.3 Å². The van der Waals surface area contributed by atoms with Gasteiger partial charge in [0.15, 0.2) is 0 Å². The van der Waals surface area contributed by atoms with Crippen LogP contribution < -0.4 is 8.92 Å². The van der Waals surface area contributed by atoms with Crippen molar-refractivity contribution in [2.45, 2.75) is 11.8 Å². The molecule has 0 aromatic heterocycles. The van der Waals surface area contributed by atoms with E-state index in [1.54, 1.807) is 61.5 Å². The first-order valence-corrected chi connectivity index (χ1v) is 10.1. The minimum Gasteiger partial charge on any atom is -0.478 e. The van der Waals surface area contributed by atoms with E-state index in [1.807, 2.05) is 0 Å². The molecule has 3 rings (SSSR count). The number of carboxylic acids is 1. The largest absolute Gasteiger partial charge is 0.478 e. The number of carbonyl (C=O) groups is 1. The van der Waals surface area contributed by atoms with Gasteiger partial charge in [0.05, 0.1) is 5.57 Å². The van der Waals surface area contributed by atoms with Gasteiger partial charge in [-0.15, -0.1) is 0 Å². The van der Waals surface area contributed by atoms with Crippen molar-refractivity contribution < 1.29 is 27.2 Å². The van der Waals surface area contributed by atoms with Crippen LogP contribution in [0.2, 0.25) is 0 Å². The van der Waals surface area contributed by atoms with Crippen LogP contribution in [0.25, 0.3) is 5.57 Å². The van der Waals surface area contributed by atoms with Gasteiger partial charge in [-0.1, -0.05) is 48.5 Å². The summed E-state index contributed by atoms with van der Waals surface area (Å²) in [4.78, 5) is 11.5. The van der Waals surface area contributed by atoms with Gasteiger partial charge in [0, 0.05) is 11.6 Å². The molecule has 148 valence electrons. The Labute approximate surface area is 168 Å². The SMILES string of the molecule is C/C=C(/C(=O)O)c1ccccc1Oc1cccc(OS(=O)(=O)c2ccccc2)c1. The summed E-state index contributed by atoms with van der Waals surface area (Å²) < 4.78 is 35.8. The molecular weight excluding hydrogens is 392 g/mol. The van der Waals surface area contributed by atoms with Crippen LogP contribution in [-0.4, -0.2) is 19.5 Å². The molecule has 6 nitrogen and oxygen atoms in total. The Kier molecular flexibility index (Phi) is 5.99. The van der Waals surface area contributed by atoms with Crippen molar-refractivity contribution in [2.75, 3.05) is 0 Å². The third-order valence-corrected chi connectivity index (χ3v) is 5.23. The molecule has 0 spiro atoms. The van der Waals surface area contributed by atoms with E-state index >= 15 is 0 Å². The van der Waals surface area contributed by atoms with Gasteiger partial charge in [-0.2, -0.15) is 8.42 Å². The van der Waals surface area contributed by atoms with Crippen molar-refractivity contribution in [3.8, 4) is 17.2 Å². The smallest absolute Gasteiger partial charge is 0.339 e. The Morgan fingerprint density at radius 2 is 1.55 bits per heavy atom. The number of allylic oxidation sites excluding steroid dienone is 1. The lowest BCUT2D eigenvalue weighted by atomic mass is 10.0. The van der Waals surface area contributed by atoms with Crippen molar-refractivity contribution in [2.24, 2.45) is 0 Å². The Bertz CT molecular complexity index is 1150. The number of ether oxygens (including phenoxy) is 1. The molecule has 7 heteroatoms. The Morgan fingerprint density at radius 1 is 0.897 bits per heavy atom. The van der Waals surface area contributed by atoms with Crippen molar-refractivity contribution in [3.05, 3.63) is 90.5 Å². The zero-order valence-corrected chi connectivity index (χ0v) is 16.3. The number of rotatable bonds is 7. The highest BCUT2D eigenvalue weighted by Gasteiger charge is 2.17. The van der Waals surface area contributed by atoms with Gasteiger partial charge in [-0.05, 0) is 37.3 Å². The van der Waals surface area contributed by atoms with Crippen LogP contribution in [0.4, 0.5) is 0 Å². The van der Waals surface area contributed by atoms with E-state index in [-0.39, 0.29) is 16.2 Å². The molecule has 1 N–H and O–H groups in total. The topological polar surface area (TPSA) is 89.9 Å². The highest BCUT2D eigenvalue weighted by Crippen LogP contribution is 2.32. The normalized spacial score (nSPS) is 11.7. The number of para-hydroxylation sites is 1. The predicted octanol–water partition coefficient (Wildman–Crippen LogP) is 4.73. The van der Waals surface area contributed by atoms with Crippen LogP contribution in [0.15, 0.2) is 89.8 Å². The Morgan fingerprint density at radius 3 is 2.24 bits per heavy atom. The molecule has 0 saturated carbocycles. The third-order valence-electron chi connectivity index (χ3n) is 3.97. The zero-order chi connectivity index (χ0) is 20.9. The molecule has 3 aromatic carbocycles. The quantitative estimate of drug-likeness (QED) is 0.447. The lowest BCUT2D eigenvalue weighted by Gasteiger charge is -2.13. The molecular formula is C22H18O6S. The summed E-state index contributed by atoms with van der Waals surface area (Å²) >= 11 is 0. The second-order valence-corrected chi connectivity index (χ2v) is 7.48. The van der Waals surface area contributed by atoms with Gasteiger partial charge in [-0.25, -0.2) is 4.79 Å². The van der Waals surface area contributed by atoms with Gasteiger partial charge >= 0.3 is 16.1 Å². The summed E-state index contributed by atoms with van der Waals surface area (Å²) in [5.41, 5.74) is 0.505. The second kappa shape index (κ2) is 8.62. The Balaban J connectivity index is 1.88. The summed E-state index contributed by atoms with van der Waals surface area (Å²) in [6.45, 7) is 1.63. The summed E-state index contributed by atoms with van der Waals surface area (Å²) in [5.74, 6) is -0.368. The van der Waals surface area contributed by atoms with Gasteiger partial charge in [0.1, 0.15) is 22.1 Å². The van der Waals surface area contributed by atoms with Crippen LogP contribution in [-0.2, 0) is 14.9 Å². The highest BCUT2D eigenvalue weighted by molar-refractivity contribution is 7.87. The number of hydrogen-bond acceptors (Lipinski definition) is 5. The van der Waals surface area contributed by atoms with Crippen LogP contribution in [0.3, 0.4) is 0 Å². The molecule has 0 heterocycles. The lowest BCUT2D eigenvalue weighted by molar-refractivity contribution is -0.130. The van der Waals surface area contributed by atoms with Crippen molar-refractivity contribution in [1.29, 1.82) is 0 Å². The summed E-state index contributed by atoms with van der Waals surface area (Å²) in [7, 11) is -3.98. The standard InChI is InChI=1S/C22H18O6S/c1-2-19(22(23)24)20-13-6-7-14-21(20)27-16-9-8-10-17(15-16)28-29(25,26)18-11-4-3-5-12-18/h2-15H,1H3,(H,23,24)/b19-2+. The maximum atomic E-state index is 12.4. The fourth-order valence-corrected chi connectivity index (χ4v) is 3.59. The first kappa shape index (κ1) is 20.2. The average Bonchev–Trinajstić information content (AvgIpc) is 2.70. The minimum atomic E-state index is -3.98. The van der Waals surface area contributed by atoms with Crippen molar-refractivity contribution in [3.63, 3.8) is 0 Å². The summed E-state index contributed by atoms with van der Waals surface area (Å²) in [6, 6.07) is 20.6. The van der Waals surface area contributed by atoms with Crippen molar-refractivity contribution in [1.82, 2.24) is 0 Å². The predicted molar refractivity (Wildman–Crippen MR) is 109 cm³/mol. The molecule has 3 aromatic rings. The van der Waals surface area contributed by atoms with Gasteiger partial charge in [0.2, 0.25) is 0 Å². The molecule has 0 saturated heterocycles. The third kappa shape index (κ3) is 4.83. The minimum absolute atomic E-state index is 0.0378. The molecule has 0 aliphatic carbocycles. The molecule has 0 amide bonds. The monoisotopic (exact) mass is 410 g/mol. The first-order valence-electron chi connectivity index (χ1n) is 8.67. The van der Waals surface area contributed by atoms with Crippen molar-refractivity contribution >= 4 is 21.7 Å². The average molecular weight is 410 g/mol. The van der Waals surface area contributed by atoms with Gasteiger partial charge in [0.25, 0.3) is 0 Å². The number of carboxylic acid groups (broad SMARTS) is 1. The van der Waals surface area contributed by atoms with E-state index in [0.29, 0.717) is 17.1 Å². The molecule has 0 bridgehead atoms. The number of aliphatic carboxylic acids is 1. The molecule has 29 heavy (non-hydrogen) atoms. The van der Waals surface area contributed by atoms with Crippen LogP contribution in [0.1, 0.15) is 12.5 Å². The Hall–Kier alpha value is -3.58. The lowest BCUT2D eigenvalue weighted by Crippen LogP contribution is -2.09. The van der Waals surface area contributed by atoms with Gasteiger partial charge < -0.3 is 14.0 Å². The maximum absolute atomic E-state index is 12.4. The second-order valence-electron chi connectivity index (χ2n) is 5.93. The highest BCUT2D eigenvalue weighted by atomic mass is 32.2. The molecule has 0 atom stereocenters. The van der Waals surface area contributed by atoms with Crippen LogP contribution in [0.5, 0.6) is 17.2 Å². The number of hydrogen-bond donors (Lipinski definition) is 1. The fraction of sp³-hybridized carbons (Fsp3) is 0.0455. The number of benzene rings is 3. The molecule has 0 fully saturated rings. The first-order chi connectivity index (χ1) is 13.9. The molecule has 0 unspecified atom stereocenters. The summed E-state index contributed by atoms with van der Waals surface area (Å²) in [6.07, 6.45) is 1.48. The molecule has 0 radical (unpaired) electrons. The van der Waals surface area contributed by atoms with Crippen LogP contribution >= 0.6 is 0 Å². The van der Waals surface area contributed by atoms with E-state index in [4.69, 9.17) is 8.92 Å². The zero-order valence-electron chi connectivity index (χ0n) is 15.5. The fourth-order valence-electron chi connectivity index (χ4n) is 2.65. The summed E-state index contributed by atoms with van der Waals surface area (Å²) in [5, 5.41) is 9.39. The molecule has 0 aliphatic rings. The molecule has 0 aliphatic heterocycles. The van der Waals surface area contributed by atoms with E-state index in [1.165, 1.54) is 30.3 Å². The van der Waals surface area contributed by atoms with E-state index in [0.717, 1.165) is 0 Å². The van der Waals surface area contributed by atoms with E-state index < -0.39 is 16.1 Å².